The summed E-state index contributed by atoms with van der Waals surface area (Å²) in [5.74, 6) is 0. The molecule has 18 heavy (non-hydrogen) atoms. The van der Waals surface area contributed by atoms with Crippen molar-refractivity contribution in [2.24, 2.45) is 0 Å². The van der Waals surface area contributed by atoms with E-state index in [1.807, 2.05) is 42.5 Å². The van der Waals surface area contributed by atoms with Gasteiger partial charge in [0.2, 0.25) is 0 Å². The molecule has 0 unspecified atom stereocenters. The van der Waals surface area contributed by atoms with Gasteiger partial charge in [-0.3, -0.25) is 9.11 Å². The summed E-state index contributed by atoms with van der Waals surface area (Å²) in [6.45, 7) is 0. The summed E-state index contributed by atoms with van der Waals surface area (Å²) in [6.07, 6.45) is 0. The summed E-state index contributed by atoms with van der Waals surface area (Å²) < 4.78 is 31.6. The van der Waals surface area contributed by atoms with E-state index in [0.717, 1.165) is 11.3 Å². The number of anilines is 1. The van der Waals surface area contributed by atoms with E-state index in [2.05, 4.69) is 12.1 Å². The smallest absolute Gasteiger partial charge is 0.394 e. The number of benzene rings is 2. The highest BCUT2D eigenvalue weighted by Gasteiger charge is 1.98. The number of nitrogen functional groups attached to an aromatic ring is 1. The first kappa shape index (κ1) is 14.2. The minimum atomic E-state index is -4.67. The van der Waals surface area contributed by atoms with Gasteiger partial charge in [0.25, 0.3) is 0 Å². The lowest BCUT2D eigenvalue weighted by Crippen LogP contribution is -1.89. The number of nitrogens with two attached hydrogens (primary N) is 1. The molecule has 0 radical (unpaired) electrons. The Labute approximate surface area is 105 Å². The highest BCUT2D eigenvalue weighted by atomic mass is 32.3. The van der Waals surface area contributed by atoms with E-state index in [9.17, 15) is 0 Å². The van der Waals surface area contributed by atoms with Crippen molar-refractivity contribution >= 4 is 16.1 Å². The number of para-hydroxylation sites is 1. The summed E-state index contributed by atoms with van der Waals surface area (Å²) in [5, 5.41) is 0. The van der Waals surface area contributed by atoms with Gasteiger partial charge in [-0.15, -0.1) is 0 Å². The highest BCUT2D eigenvalue weighted by Crippen LogP contribution is 2.24. The second-order valence-corrected chi connectivity index (χ2v) is 4.30. The van der Waals surface area contributed by atoms with Crippen LogP contribution in [-0.4, -0.2) is 17.5 Å². The minimum absolute atomic E-state index is 0.828. The predicted molar refractivity (Wildman–Crippen MR) is 70.5 cm³/mol. The zero-order valence-corrected chi connectivity index (χ0v) is 10.2. The molecule has 0 fully saturated rings. The SMILES string of the molecule is Nc1ccccc1-c1ccccc1.O=S(=O)(O)O. The second-order valence-electron chi connectivity index (χ2n) is 3.40. The summed E-state index contributed by atoms with van der Waals surface area (Å²) in [6, 6.07) is 18.1. The molecule has 0 bridgehead atoms. The third-order valence-electron chi connectivity index (χ3n) is 2.05. The molecule has 0 aromatic heterocycles. The van der Waals surface area contributed by atoms with E-state index in [1.54, 1.807) is 0 Å². The van der Waals surface area contributed by atoms with Gasteiger partial charge in [-0.2, -0.15) is 8.42 Å². The molecule has 2 rings (SSSR count). The molecular formula is C12H13NO4S. The summed E-state index contributed by atoms with van der Waals surface area (Å²) in [7, 11) is -4.67. The maximum absolute atomic E-state index is 8.74. The summed E-state index contributed by atoms with van der Waals surface area (Å²) in [4.78, 5) is 0. The fourth-order valence-electron chi connectivity index (χ4n) is 1.38. The van der Waals surface area contributed by atoms with Crippen LogP contribution in [0.25, 0.3) is 11.1 Å². The van der Waals surface area contributed by atoms with Crippen molar-refractivity contribution < 1.29 is 17.5 Å². The molecule has 96 valence electrons. The molecule has 0 saturated carbocycles. The van der Waals surface area contributed by atoms with Crippen LogP contribution in [0.15, 0.2) is 54.6 Å². The van der Waals surface area contributed by atoms with Crippen molar-refractivity contribution in [2.75, 3.05) is 5.73 Å². The first-order chi connectivity index (χ1) is 8.38. The molecule has 0 atom stereocenters. The van der Waals surface area contributed by atoms with Gasteiger partial charge >= 0.3 is 10.4 Å². The predicted octanol–water partition coefficient (Wildman–Crippen LogP) is 2.28. The van der Waals surface area contributed by atoms with Crippen molar-refractivity contribution in [2.45, 2.75) is 0 Å². The molecular weight excluding hydrogens is 254 g/mol. The van der Waals surface area contributed by atoms with E-state index < -0.39 is 10.4 Å². The Bertz CT molecular complexity index is 588. The standard InChI is InChI=1S/C12H11N.H2O4S/c13-12-9-5-4-8-11(12)10-6-2-1-3-7-10;1-5(2,3)4/h1-9H,13H2;(H2,1,2,3,4). The molecule has 4 N–H and O–H groups in total. The molecule has 0 spiro atoms. The van der Waals surface area contributed by atoms with Crippen LogP contribution < -0.4 is 5.73 Å². The average molecular weight is 267 g/mol. The van der Waals surface area contributed by atoms with Gasteiger partial charge in [0.15, 0.2) is 0 Å². The van der Waals surface area contributed by atoms with Crippen molar-refractivity contribution in [1.29, 1.82) is 0 Å². The van der Waals surface area contributed by atoms with Crippen LogP contribution in [0.4, 0.5) is 5.69 Å². The Morgan fingerprint density at radius 1 is 0.833 bits per heavy atom. The molecule has 2 aromatic rings. The van der Waals surface area contributed by atoms with Crippen LogP contribution in [0.5, 0.6) is 0 Å². The maximum atomic E-state index is 8.74. The first-order valence-electron chi connectivity index (χ1n) is 4.98. The van der Waals surface area contributed by atoms with E-state index in [1.165, 1.54) is 5.56 Å². The van der Waals surface area contributed by atoms with Crippen LogP contribution in [0.3, 0.4) is 0 Å². The Morgan fingerprint density at radius 3 is 1.78 bits per heavy atom. The van der Waals surface area contributed by atoms with Crippen LogP contribution >= 0.6 is 0 Å². The van der Waals surface area contributed by atoms with Crippen LogP contribution in [0.2, 0.25) is 0 Å². The molecule has 0 aliphatic rings. The van der Waals surface area contributed by atoms with E-state index in [-0.39, 0.29) is 0 Å². The van der Waals surface area contributed by atoms with Gasteiger partial charge in [0.05, 0.1) is 0 Å². The van der Waals surface area contributed by atoms with E-state index >= 15 is 0 Å². The molecule has 5 nitrogen and oxygen atoms in total. The monoisotopic (exact) mass is 267 g/mol. The number of rotatable bonds is 1. The van der Waals surface area contributed by atoms with Crippen molar-refractivity contribution in [1.82, 2.24) is 0 Å². The number of hydrogen-bond acceptors (Lipinski definition) is 3. The van der Waals surface area contributed by atoms with Crippen LogP contribution in [-0.2, 0) is 10.4 Å². The molecule has 6 heteroatoms. The molecule has 0 heterocycles. The third kappa shape index (κ3) is 5.44. The van der Waals surface area contributed by atoms with Crippen molar-refractivity contribution in [3.8, 4) is 11.1 Å². The molecule has 0 aliphatic heterocycles. The fourth-order valence-corrected chi connectivity index (χ4v) is 1.38. The van der Waals surface area contributed by atoms with Crippen molar-refractivity contribution in [3.05, 3.63) is 54.6 Å². The lowest BCUT2D eigenvalue weighted by molar-refractivity contribution is 0.381. The van der Waals surface area contributed by atoms with Gasteiger partial charge < -0.3 is 5.73 Å². The Morgan fingerprint density at radius 2 is 1.28 bits per heavy atom. The van der Waals surface area contributed by atoms with Gasteiger partial charge in [0, 0.05) is 11.3 Å². The Kier molecular flexibility index (Phi) is 4.85. The van der Waals surface area contributed by atoms with Crippen LogP contribution in [0, 0.1) is 0 Å². The number of hydrogen-bond donors (Lipinski definition) is 3. The lowest BCUT2D eigenvalue weighted by atomic mass is 10.0. The quantitative estimate of drug-likeness (QED) is 0.543. The zero-order valence-electron chi connectivity index (χ0n) is 9.39. The highest BCUT2D eigenvalue weighted by molar-refractivity contribution is 7.79. The van der Waals surface area contributed by atoms with Gasteiger partial charge in [0.1, 0.15) is 0 Å². The Hall–Kier alpha value is -1.89. The van der Waals surface area contributed by atoms with Gasteiger partial charge in [-0.1, -0.05) is 48.5 Å². The lowest BCUT2D eigenvalue weighted by Gasteiger charge is -2.03. The van der Waals surface area contributed by atoms with Gasteiger partial charge in [-0.05, 0) is 11.6 Å². The zero-order chi connectivity index (χ0) is 13.6. The normalized spacial score (nSPS) is 10.3. The second kappa shape index (κ2) is 6.15. The minimum Gasteiger partial charge on any atom is -0.398 e. The third-order valence-corrected chi connectivity index (χ3v) is 2.05. The van der Waals surface area contributed by atoms with Crippen molar-refractivity contribution in [3.63, 3.8) is 0 Å². The largest absolute Gasteiger partial charge is 0.398 e. The molecule has 0 amide bonds. The van der Waals surface area contributed by atoms with Crippen LogP contribution in [0.1, 0.15) is 0 Å². The molecule has 0 saturated heterocycles. The van der Waals surface area contributed by atoms with E-state index in [0.29, 0.717) is 0 Å². The average Bonchev–Trinajstić information content (AvgIpc) is 2.29. The topological polar surface area (TPSA) is 101 Å². The van der Waals surface area contributed by atoms with Gasteiger partial charge in [-0.25, -0.2) is 0 Å². The fraction of sp³-hybridized carbons (Fsp3) is 0. The molecule has 2 aromatic carbocycles. The first-order valence-corrected chi connectivity index (χ1v) is 6.37. The Balaban J connectivity index is 0.000000280. The summed E-state index contributed by atoms with van der Waals surface area (Å²) in [5.41, 5.74) is 8.95. The van der Waals surface area contributed by atoms with E-state index in [4.69, 9.17) is 23.3 Å². The molecule has 0 aliphatic carbocycles. The maximum Gasteiger partial charge on any atom is 0.394 e. The summed E-state index contributed by atoms with van der Waals surface area (Å²) >= 11 is 0.